The fourth-order valence-electron chi connectivity index (χ4n) is 3.02. The molecule has 8 N–H and O–H groups in total. The van der Waals surface area contributed by atoms with Gasteiger partial charge in [0, 0.05) is 0 Å². The molecular weight excluding hydrogens is 352 g/mol. The van der Waals surface area contributed by atoms with E-state index in [9.17, 15) is 0 Å². The summed E-state index contributed by atoms with van der Waals surface area (Å²) < 4.78 is 3.37. The Morgan fingerprint density at radius 1 is 0.571 bits per heavy atom. The lowest BCUT2D eigenvalue weighted by Crippen LogP contribution is -2.06. The Balaban J connectivity index is 1.47. The van der Waals surface area contributed by atoms with Gasteiger partial charge in [-0.3, -0.25) is 0 Å². The normalized spacial score (nSPS) is 11.0. The number of anilines is 4. The molecule has 4 rings (SSSR count). The van der Waals surface area contributed by atoms with Crippen molar-refractivity contribution < 1.29 is 0 Å². The van der Waals surface area contributed by atoms with Gasteiger partial charge in [-0.05, 0) is 22.3 Å². The first-order valence-electron chi connectivity index (χ1n) is 8.83. The van der Waals surface area contributed by atoms with E-state index in [4.69, 9.17) is 22.9 Å². The van der Waals surface area contributed by atoms with Gasteiger partial charge in [0.15, 0.2) is 0 Å². The van der Waals surface area contributed by atoms with Crippen LogP contribution in [-0.2, 0) is 13.1 Å². The van der Waals surface area contributed by atoms with E-state index in [1.54, 1.807) is 21.8 Å². The predicted octanol–water partition coefficient (Wildman–Crippen LogP) is 2.17. The lowest BCUT2D eigenvalue weighted by Gasteiger charge is -2.08. The molecule has 0 aliphatic rings. The number of nitrogens with two attached hydrogens (primary N) is 4. The van der Waals surface area contributed by atoms with Crippen LogP contribution in [0.5, 0.6) is 0 Å². The number of aromatic nitrogens is 4. The summed E-state index contributed by atoms with van der Waals surface area (Å²) in [5.41, 5.74) is 28.7. The fourth-order valence-corrected chi connectivity index (χ4v) is 3.02. The van der Waals surface area contributed by atoms with Crippen LogP contribution in [-0.4, -0.2) is 19.6 Å². The summed E-state index contributed by atoms with van der Waals surface area (Å²) in [6.45, 7) is 1.16. The van der Waals surface area contributed by atoms with Gasteiger partial charge >= 0.3 is 0 Å². The zero-order valence-corrected chi connectivity index (χ0v) is 15.3. The van der Waals surface area contributed by atoms with Crippen molar-refractivity contribution >= 4 is 23.0 Å². The Bertz CT molecular complexity index is 1000. The molecule has 0 fully saturated rings. The van der Waals surface area contributed by atoms with E-state index in [-0.39, 0.29) is 0 Å². The van der Waals surface area contributed by atoms with E-state index in [0.717, 1.165) is 22.3 Å². The minimum atomic E-state index is 0.485. The third-order valence-corrected chi connectivity index (χ3v) is 4.73. The third-order valence-electron chi connectivity index (χ3n) is 4.73. The van der Waals surface area contributed by atoms with Crippen LogP contribution in [0.1, 0.15) is 11.1 Å². The maximum absolute atomic E-state index is 5.91. The number of benzene rings is 2. The van der Waals surface area contributed by atoms with Gasteiger partial charge in [-0.1, -0.05) is 48.5 Å². The zero-order valence-electron chi connectivity index (χ0n) is 15.3. The van der Waals surface area contributed by atoms with Crippen molar-refractivity contribution in [3.05, 3.63) is 72.1 Å². The van der Waals surface area contributed by atoms with Crippen molar-refractivity contribution in [3.63, 3.8) is 0 Å². The van der Waals surface area contributed by atoms with Crippen molar-refractivity contribution in [1.82, 2.24) is 19.6 Å². The average Bonchev–Trinajstić information content (AvgIpc) is 3.20. The maximum Gasteiger partial charge on any atom is 0.145 e. The molecule has 8 nitrogen and oxygen atoms in total. The average molecular weight is 374 g/mol. The van der Waals surface area contributed by atoms with Crippen LogP contribution < -0.4 is 22.9 Å². The summed E-state index contributed by atoms with van der Waals surface area (Å²) in [5.74, 6) is 0.971. The molecule has 2 aromatic carbocycles. The predicted molar refractivity (Wildman–Crippen MR) is 112 cm³/mol. The molecule has 142 valence electrons. The molecule has 2 aromatic heterocycles. The maximum atomic E-state index is 5.91. The van der Waals surface area contributed by atoms with E-state index < -0.39 is 0 Å². The summed E-state index contributed by atoms with van der Waals surface area (Å²) in [7, 11) is 0. The first kappa shape index (κ1) is 17.5. The van der Waals surface area contributed by atoms with Crippen LogP contribution in [0.3, 0.4) is 0 Å². The highest BCUT2D eigenvalue weighted by Gasteiger charge is 2.07. The second kappa shape index (κ2) is 6.99. The Morgan fingerprint density at radius 2 is 0.929 bits per heavy atom. The number of hydrogen-bond donors (Lipinski definition) is 4. The first-order chi connectivity index (χ1) is 13.5. The summed E-state index contributed by atoms with van der Waals surface area (Å²) in [6, 6.07) is 16.6. The molecule has 0 unspecified atom stereocenters. The van der Waals surface area contributed by atoms with Crippen molar-refractivity contribution in [1.29, 1.82) is 0 Å². The molecule has 0 aliphatic carbocycles. The highest BCUT2D eigenvalue weighted by atomic mass is 15.3. The zero-order chi connectivity index (χ0) is 19.7. The van der Waals surface area contributed by atoms with E-state index in [1.807, 2.05) is 0 Å². The van der Waals surface area contributed by atoms with Crippen molar-refractivity contribution in [2.75, 3.05) is 22.9 Å². The van der Waals surface area contributed by atoms with Gasteiger partial charge in [0.2, 0.25) is 0 Å². The second-order valence-electron chi connectivity index (χ2n) is 6.68. The number of nitrogens with zero attached hydrogens (tertiary/aromatic N) is 4. The molecule has 8 heteroatoms. The molecule has 0 bridgehead atoms. The van der Waals surface area contributed by atoms with Crippen molar-refractivity contribution in [2.45, 2.75) is 13.1 Å². The molecule has 0 radical (unpaired) electrons. The number of nitrogen functional groups attached to an aromatic ring is 4. The quantitative estimate of drug-likeness (QED) is 0.422. The minimum absolute atomic E-state index is 0.485. The van der Waals surface area contributed by atoms with Gasteiger partial charge in [-0.15, -0.1) is 0 Å². The smallest absolute Gasteiger partial charge is 0.145 e. The Morgan fingerprint density at radius 3 is 1.21 bits per heavy atom. The van der Waals surface area contributed by atoms with Crippen LogP contribution in [0.2, 0.25) is 0 Å². The van der Waals surface area contributed by atoms with Crippen molar-refractivity contribution in [3.8, 4) is 11.1 Å². The van der Waals surface area contributed by atoms with E-state index in [2.05, 4.69) is 58.7 Å². The fraction of sp³-hybridized carbons (Fsp3) is 0.100. The topological polar surface area (TPSA) is 140 Å². The number of hydrogen-bond acceptors (Lipinski definition) is 6. The van der Waals surface area contributed by atoms with Gasteiger partial charge in [-0.2, -0.15) is 10.2 Å². The van der Waals surface area contributed by atoms with Gasteiger partial charge in [0.05, 0.1) is 36.9 Å². The van der Waals surface area contributed by atoms with Gasteiger partial charge in [0.25, 0.3) is 0 Å². The van der Waals surface area contributed by atoms with E-state index >= 15 is 0 Å². The third kappa shape index (κ3) is 3.35. The monoisotopic (exact) mass is 374 g/mol. The van der Waals surface area contributed by atoms with E-state index in [0.29, 0.717) is 36.1 Å². The molecule has 0 saturated heterocycles. The highest BCUT2D eigenvalue weighted by molar-refractivity contribution is 5.64. The summed E-state index contributed by atoms with van der Waals surface area (Å²) >= 11 is 0. The lowest BCUT2D eigenvalue weighted by molar-refractivity contribution is 0.697. The molecule has 0 atom stereocenters. The largest absolute Gasteiger partial charge is 0.394 e. The summed E-state index contributed by atoms with van der Waals surface area (Å²) in [4.78, 5) is 0. The molecule has 0 saturated carbocycles. The second-order valence-corrected chi connectivity index (χ2v) is 6.68. The molecule has 4 aromatic rings. The molecule has 2 heterocycles. The van der Waals surface area contributed by atoms with Crippen LogP contribution in [0.15, 0.2) is 60.9 Å². The van der Waals surface area contributed by atoms with Gasteiger partial charge in [-0.25, -0.2) is 9.36 Å². The first-order valence-corrected chi connectivity index (χ1v) is 8.83. The van der Waals surface area contributed by atoms with Crippen molar-refractivity contribution in [2.24, 2.45) is 0 Å². The SMILES string of the molecule is Nc1cnn(Cc2ccc(-c3ccc(Cn4ncc(N)c4N)cc3)cc2)c1N. The standard InChI is InChI=1S/C20H22N8/c21-17-9-25-27(19(17)23)11-13-1-5-15(6-2-13)16-7-3-14(4-8-16)12-28-20(24)18(22)10-26-28/h1-10H,11-12,21-24H2. The summed E-state index contributed by atoms with van der Waals surface area (Å²) in [6.07, 6.45) is 3.13. The lowest BCUT2D eigenvalue weighted by atomic mass is 10.0. The molecular formula is C20H22N8. The van der Waals surface area contributed by atoms with Crippen LogP contribution >= 0.6 is 0 Å². The minimum Gasteiger partial charge on any atom is -0.394 e. The van der Waals surface area contributed by atoms with E-state index in [1.165, 1.54) is 0 Å². The molecule has 0 aliphatic heterocycles. The van der Waals surface area contributed by atoms with Crippen LogP contribution in [0.4, 0.5) is 23.0 Å². The Hall–Kier alpha value is -3.94. The van der Waals surface area contributed by atoms with Gasteiger partial charge < -0.3 is 22.9 Å². The van der Waals surface area contributed by atoms with Crippen LogP contribution in [0, 0.1) is 0 Å². The molecule has 28 heavy (non-hydrogen) atoms. The molecule has 0 spiro atoms. The highest BCUT2D eigenvalue weighted by Crippen LogP contribution is 2.22. The molecule has 0 amide bonds. The van der Waals surface area contributed by atoms with Crippen LogP contribution in [0.25, 0.3) is 11.1 Å². The number of rotatable bonds is 5. The Kier molecular flexibility index (Phi) is 4.36. The van der Waals surface area contributed by atoms with Gasteiger partial charge in [0.1, 0.15) is 11.6 Å². The summed E-state index contributed by atoms with van der Waals surface area (Å²) in [5, 5.41) is 8.37. The Labute approximate surface area is 162 Å².